The van der Waals surface area contributed by atoms with Gasteiger partial charge in [-0.3, -0.25) is 0 Å². The number of aromatic nitrogens is 1. The van der Waals surface area contributed by atoms with E-state index in [1.165, 1.54) is 12.7 Å². The molecule has 15 heavy (non-hydrogen) atoms. The second-order valence-electron chi connectivity index (χ2n) is 3.76. The Labute approximate surface area is 92.1 Å². The topological polar surface area (TPSA) is 42.1 Å². The first-order valence-electron chi connectivity index (χ1n) is 4.82. The normalized spacial score (nSPS) is 11.2. The van der Waals surface area contributed by atoms with Crippen LogP contribution in [0.4, 0.5) is 0 Å². The lowest BCUT2D eigenvalue weighted by atomic mass is 10.1. The maximum absolute atomic E-state index is 11.3. The van der Waals surface area contributed by atoms with Crippen molar-refractivity contribution in [3.05, 3.63) is 22.7 Å². The van der Waals surface area contributed by atoms with Crippen molar-refractivity contribution in [2.75, 3.05) is 7.11 Å². The average molecular weight is 223 g/mol. The number of nitrogens with one attached hydrogen (secondary N) is 1. The van der Waals surface area contributed by atoms with Crippen molar-refractivity contribution in [3.8, 4) is 0 Å². The molecule has 0 aliphatic rings. The van der Waals surface area contributed by atoms with E-state index in [2.05, 4.69) is 28.9 Å². The Morgan fingerprint density at radius 3 is 2.87 bits per heavy atom. The van der Waals surface area contributed by atoms with Gasteiger partial charge in [-0.25, -0.2) is 4.79 Å². The molecule has 0 aliphatic carbocycles. The Morgan fingerprint density at radius 1 is 1.53 bits per heavy atom. The van der Waals surface area contributed by atoms with E-state index in [4.69, 9.17) is 0 Å². The molecule has 2 rings (SSSR count). The van der Waals surface area contributed by atoms with Crippen LogP contribution in [0.3, 0.4) is 0 Å². The highest BCUT2D eigenvalue weighted by Crippen LogP contribution is 2.31. The van der Waals surface area contributed by atoms with Crippen LogP contribution in [0.5, 0.6) is 0 Å². The summed E-state index contributed by atoms with van der Waals surface area (Å²) in [7, 11) is 1.39. The molecule has 3 nitrogen and oxygen atoms in total. The Hall–Kier alpha value is -1.29. The second kappa shape index (κ2) is 3.70. The van der Waals surface area contributed by atoms with Gasteiger partial charge in [0.15, 0.2) is 0 Å². The van der Waals surface area contributed by atoms with Crippen molar-refractivity contribution >= 4 is 27.5 Å². The monoisotopic (exact) mass is 223 g/mol. The van der Waals surface area contributed by atoms with Gasteiger partial charge in [-0.1, -0.05) is 13.8 Å². The van der Waals surface area contributed by atoms with Gasteiger partial charge in [0, 0.05) is 0 Å². The number of hydrogen-bond acceptors (Lipinski definition) is 3. The fraction of sp³-hybridized carbons (Fsp3) is 0.364. The molecule has 2 aromatic heterocycles. The largest absolute Gasteiger partial charge is 0.464 e. The average Bonchev–Trinajstić information content (AvgIpc) is 2.73. The van der Waals surface area contributed by atoms with Crippen LogP contribution in [-0.2, 0) is 4.74 Å². The van der Waals surface area contributed by atoms with Crippen LogP contribution in [0, 0.1) is 0 Å². The number of aromatic amines is 1. The van der Waals surface area contributed by atoms with Crippen molar-refractivity contribution in [2.24, 2.45) is 0 Å². The fourth-order valence-corrected chi connectivity index (χ4v) is 2.69. The molecule has 0 radical (unpaired) electrons. The minimum Gasteiger partial charge on any atom is -0.464 e. The predicted molar refractivity (Wildman–Crippen MR) is 61.6 cm³/mol. The summed E-state index contributed by atoms with van der Waals surface area (Å²) in [5.41, 5.74) is 2.85. The summed E-state index contributed by atoms with van der Waals surface area (Å²) in [4.78, 5) is 14.4. The zero-order chi connectivity index (χ0) is 11.0. The van der Waals surface area contributed by atoms with Gasteiger partial charge in [0.1, 0.15) is 5.69 Å². The lowest BCUT2D eigenvalue weighted by molar-refractivity contribution is 0.0595. The van der Waals surface area contributed by atoms with E-state index in [9.17, 15) is 4.79 Å². The number of esters is 1. The van der Waals surface area contributed by atoms with Gasteiger partial charge in [0.25, 0.3) is 0 Å². The maximum atomic E-state index is 11.3. The molecule has 0 aromatic carbocycles. The van der Waals surface area contributed by atoms with E-state index in [-0.39, 0.29) is 5.97 Å². The van der Waals surface area contributed by atoms with Gasteiger partial charge in [-0.2, -0.15) is 0 Å². The Bertz CT molecular complexity index is 496. The number of thiophene rings is 1. The molecular weight excluding hydrogens is 210 g/mol. The molecule has 80 valence electrons. The summed E-state index contributed by atoms with van der Waals surface area (Å²) in [6.45, 7) is 4.28. The van der Waals surface area contributed by atoms with Crippen molar-refractivity contribution in [3.63, 3.8) is 0 Å². The molecule has 0 unspecified atom stereocenters. The smallest absolute Gasteiger partial charge is 0.354 e. The SMILES string of the molecule is COC(=O)c1cc2scc(C(C)C)c2[nH]1. The van der Waals surface area contributed by atoms with Gasteiger partial charge in [-0.05, 0) is 22.9 Å². The summed E-state index contributed by atoms with van der Waals surface area (Å²) >= 11 is 1.65. The van der Waals surface area contributed by atoms with E-state index < -0.39 is 0 Å². The van der Waals surface area contributed by atoms with Crippen LogP contribution in [-0.4, -0.2) is 18.1 Å². The zero-order valence-corrected chi connectivity index (χ0v) is 9.77. The standard InChI is InChI=1S/C11H13NO2S/c1-6(2)7-5-15-9-4-8(11(13)14-3)12-10(7)9/h4-6,12H,1-3H3. The number of H-pyrrole nitrogens is 1. The van der Waals surface area contributed by atoms with Crippen molar-refractivity contribution in [2.45, 2.75) is 19.8 Å². The molecular formula is C11H13NO2S. The molecule has 0 fully saturated rings. The molecule has 2 aromatic rings. The Morgan fingerprint density at radius 2 is 2.27 bits per heavy atom. The number of methoxy groups -OCH3 is 1. The first kappa shape index (κ1) is 10.2. The number of ether oxygens (including phenoxy) is 1. The van der Waals surface area contributed by atoms with Crippen molar-refractivity contribution in [1.29, 1.82) is 0 Å². The third kappa shape index (κ3) is 1.65. The number of carbonyl (C=O) groups is 1. The molecule has 0 bridgehead atoms. The molecule has 4 heteroatoms. The highest BCUT2D eigenvalue weighted by molar-refractivity contribution is 7.17. The molecule has 0 atom stereocenters. The van der Waals surface area contributed by atoms with Gasteiger partial charge in [-0.15, -0.1) is 11.3 Å². The van der Waals surface area contributed by atoms with E-state index in [1.807, 2.05) is 6.07 Å². The molecule has 0 spiro atoms. The molecule has 0 amide bonds. The van der Waals surface area contributed by atoms with Crippen LogP contribution in [0.2, 0.25) is 0 Å². The third-order valence-electron chi connectivity index (χ3n) is 2.41. The predicted octanol–water partition coefficient (Wildman–Crippen LogP) is 3.14. The van der Waals surface area contributed by atoms with E-state index in [1.54, 1.807) is 11.3 Å². The number of hydrogen-bond donors (Lipinski definition) is 1. The minimum atomic E-state index is -0.312. The number of fused-ring (bicyclic) bond motifs is 1. The van der Waals surface area contributed by atoms with Gasteiger partial charge in [0.05, 0.1) is 17.3 Å². The van der Waals surface area contributed by atoms with Crippen LogP contribution in [0.1, 0.15) is 35.8 Å². The lowest BCUT2D eigenvalue weighted by Crippen LogP contribution is -2.00. The molecule has 0 aliphatic heterocycles. The number of carbonyl (C=O) groups excluding carboxylic acids is 1. The van der Waals surface area contributed by atoms with Crippen LogP contribution in [0.15, 0.2) is 11.4 Å². The maximum Gasteiger partial charge on any atom is 0.354 e. The quantitative estimate of drug-likeness (QED) is 0.795. The zero-order valence-electron chi connectivity index (χ0n) is 8.96. The fourth-order valence-electron chi connectivity index (χ4n) is 1.57. The molecule has 0 saturated carbocycles. The highest BCUT2D eigenvalue weighted by Gasteiger charge is 2.14. The number of rotatable bonds is 2. The Balaban J connectivity index is 2.52. The summed E-state index contributed by atoms with van der Waals surface area (Å²) < 4.78 is 5.78. The molecule has 0 saturated heterocycles. The van der Waals surface area contributed by atoms with Crippen LogP contribution >= 0.6 is 11.3 Å². The second-order valence-corrected chi connectivity index (χ2v) is 4.67. The first-order chi connectivity index (χ1) is 7.13. The van der Waals surface area contributed by atoms with Crippen molar-refractivity contribution < 1.29 is 9.53 Å². The lowest BCUT2D eigenvalue weighted by Gasteiger charge is -2.00. The Kier molecular flexibility index (Phi) is 2.52. The van der Waals surface area contributed by atoms with Gasteiger partial charge < -0.3 is 9.72 Å². The van der Waals surface area contributed by atoms with Crippen LogP contribution in [0.25, 0.3) is 10.2 Å². The van der Waals surface area contributed by atoms with Crippen molar-refractivity contribution in [1.82, 2.24) is 4.98 Å². The van der Waals surface area contributed by atoms with E-state index >= 15 is 0 Å². The highest BCUT2D eigenvalue weighted by atomic mass is 32.1. The summed E-state index contributed by atoms with van der Waals surface area (Å²) in [5, 5.41) is 2.13. The summed E-state index contributed by atoms with van der Waals surface area (Å²) in [5.74, 6) is 0.149. The van der Waals surface area contributed by atoms with Gasteiger partial charge >= 0.3 is 5.97 Å². The summed E-state index contributed by atoms with van der Waals surface area (Å²) in [6.07, 6.45) is 0. The summed E-state index contributed by atoms with van der Waals surface area (Å²) in [6, 6.07) is 1.84. The molecule has 2 heterocycles. The van der Waals surface area contributed by atoms with E-state index in [0.717, 1.165) is 10.2 Å². The third-order valence-corrected chi connectivity index (χ3v) is 3.36. The molecule has 1 N–H and O–H groups in total. The van der Waals surface area contributed by atoms with Crippen LogP contribution < -0.4 is 0 Å². The van der Waals surface area contributed by atoms with Gasteiger partial charge in [0.2, 0.25) is 0 Å². The first-order valence-corrected chi connectivity index (χ1v) is 5.70. The van der Waals surface area contributed by atoms with E-state index in [0.29, 0.717) is 11.6 Å². The minimum absolute atomic E-state index is 0.312.